The summed E-state index contributed by atoms with van der Waals surface area (Å²) in [5, 5.41) is 2.72. The van der Waals surface area contributed by atoms with E-state index < -0.39 is 0 Å². The lowest BCUT2D eigenvalue weighted by Gasteiger charge is -2.32. The van der Waals surface area contributed by atoms with Crippen LogP contribution >= 0.6 is 0 Å². The van der Waals surface area contributed by atoms with Crippen LogP contribution in [0.4, 0.5) is 14.9 Å². The predicted molar refractivity (Wildman–Crippen MR) is 99.4 cm³/mol. The molecule has 2 aliphatic heterocycles. The van der Waals surface area contributed by atoms with Gasteiger partial charge in [-0.15, -0.1) is 0 Å². The highest BCUT2D eigenvalue weighted by molar-refractivity contribution is 5.95. The Kier molecular flexibility index (Phi) is 3.85. The molecule has 2 bridgehead atoms. The lowest BCUT2D eigenvalue weighted by molar-refractivity contribution is -0.132. The van der Waals surface area contributed by atoms with Crippen molar-refractivity contribution in [2.24, 2.45) is 5.92 Å². The number of halogens is 1. The molecule has 2 aromatic rings. The number of benzene rings is 1. The molecule has 28 heavy (non-hydrogen) atoms. The van der Waals surface area contributed by atoms with Crippen LogP contribution in [0.3, 0.4) is 0 Å². The summed E-state index contributed by atoms with van der Waals surface area (Å²) < 4.78 is 13.5. The number of aromatic nitrogens is 2. The molecule has 1 aromatic heterocycles. The van der Waals surface area contributed by atoms with Crippen molar-refractivity contribution in [3.63, 3.8) is 0 Å². The van der Waals surface area contributed by atoms with Crippen molar-refractivity contribution in [3.05, 3.63) is 59.9 Å². The fourth-order valence-electron chi connectivity index (χ4n) is 4.33. The van der Waals surface area contributed by atoms with Crippen LogP contribution in [0.15, 0.2) is 43.0 Å². The molecule has 0 spiro atoms. The Labute approximate surface area is 160 Å². The topological polar surface area (TPSA) is 78.4 Å². The average Bonchev–Trinajstić information content (AvgIpc) is 3.30. The first-order valence-electron chi connectivity index (χ1n) is 9.19. The summed E-state index contributed by atoms with van der Waals surface area (Å²) in [5.41, 5.74) is 3.44. The molecule has 1 fully saturated rings. The van der Waals surface area contributed by atoms with E-state index in [1.807, 2.05) is 4.90 Å². The van der Waals surface area contributed by atoms with E-state index in [1.165, 1.54) is 28.9 Å². The highest BCUT2D eigenvalue weighted by Crippen LogP contribution is 2.42. The van der Waals surface area contributed by atoms with E-state index in [-0.39, 0.29) is 42.8 Å². The third-order valence-electron chi connectivity index (χ3n) is 5.65. The van der Waals surface area contributed by atoms with Gasteiger partial charge in [-0.25, -0.2) is 19.2 Å². The molecule has 0 saturated carbocycles. The normalized spacial score (nSPS) is 22.8. The minimum Gasteiger partial charge on any atom is -0.334 e. The Morgan fingerprint density at radius 2 is 2.11 bits per heavy atom. The minimum atomic E-state index is -0.361. The molecule has 1 aromatic carbocycles. The van der Waals surface area contributed by atoms with E-state index in [0.29, 0.717) is 17.8 Å². The molecule has 0 unspecified atom stereocenters. The molecular weight excluding hydrogens is 361 g/mol. The van der Waals surface area contributed by atoms with Crippen molar-refractivity contribution in [2.45, 2.75) is 19.0 Å². The van der Waals surface area contributed by atoms with Gasteiger partial charge in [0, 0.05) is 36.1 Å². The number of hydrogen-bond acceptors (Lipinski definition) is 4. The van der Waals surface area contributed by atoms with Crippen molar-refractivity contribution in [1.82, 2.24) is 19.8 Å². The molecule has 5 rings (SSSR count). The third kappa shape index (κ3) is 2.81. The summed E-state index contributed by atoms with van der Waals surface area (Å²) in [5.74, 6) is -0.187. The summed E-state index contributed by atoms with van der Waals surface area (Å²) in [6, 6.07) is 3.93. The van der Waals surface area contributed by atoms with Crippen LogP contribution < -0.4 is 5.32 Å². The van der Waals surface area contributed by atoms with Crippen molar-refractivity contribution < 1.29 is 14.0 Å². The van der Waals surface area contributed by atoms with E-state index >= 15 is 0 Å². The quantitative estimate of drug-likeness (QED) is 0.888. The standard InChI is InChI=1S/C20H18FN5O2/c21-15-1-2-18-13(3-15)8-25(20(28)24-18)10-19(27)26-9-12-4-16(26)5-17(12)14-6-22-11-23-7-14/h1-3,5-7,11-12,16H,4,8-10H2,(H,24,28)/t12-,16-/m1/s1. The number of rotatable bonds is 3. The van der Waals surface area contributed by atoms with Crippen LogP contribution in [-0.2, 0) is 11.3 Å². The van der Waals surface area contributed by atoms with Crippen LogP contribution in [0.2, 0.25) is 0 Å². The maximum atomic E-state index is 13.5. The van der Waals surface area contributed by atoms with Gasteiger partial charge in [0.1, 0.15) is 18.7 Å². The number of nitrogens with one attached hydrogen (secondary N) is 1. The SMILES string of the molecule is O=C1Nc2ccc(F)cc2CN1CC(=O)N1C[C@H]2C[C@@H]1C=C2c1cncnc1. The fraction of sp³-hybridized carbons (Fsp3) is 0.300. The van der Waals surface area contributed by atoms with Crippen LogP contribution in [0.5, 0.6) is 0 Å². The zero-order chi connectivity index (χ0) is 19.3. The highest BCUT2D eigenvalue weighted by Gasteiger charge is 2.42. The largest absolute Gasteiger partial charge is 0.334 e. The number of carbonyl (C=O) groups is 2. The van der Waals surface area contributed by atoms with Gasteiger partial charge in [0.25, 0.3) is 0 Å². The number of nitrogens with zero attached hydrogens (tertiary/aromatic N) is 4. The van der Waals surface area contributed by atoms with Gasteiger partial charge in [-0.1, -0.05) is 6.08 Å². The minimum absolute atomic E-state index is 0.0252. The van der Waals surface area contributed by atoms with Crippen LogP contribution in [0, 0.1) is 11.7 Å². The molecule has 1 saturated heterocycles. The first-order chi connectivity index (χ1) is 13.6. The second-order valence-electron chi connectivity index (χ2n) is 7.38. The van der Waals surface area contributed by atoms with Crippen LogP contribution in [0.1, 0.15) is 17.5 Å². The predicted octanol–water partition coefficient (Wildman–Crippen LogP) is 2.28. The van der Waals surface area contributed by atoms with E-state index in [2.05, 4.69) is 21.4 Å². The van der Waals surface area contributed by atoms with Crippen molar-refractivity contribution in [1.29, 1.82) is 0 Å². The molecule has 8 heteroatoms. The number of hydrogen-bond donors (Lipinski definition) is 1. The number of amides is 3. The van der Waals surface area contributed by atoms with Gasteiger partial charge in [-0.3, -0.25) is 4.79 Å². The Hall–Kier alpha value is -3.29. The number of fused-ring (bicyclic) bond motifs is 3. The number of anilines is 1. The molecule has 3 heterocycles. The Morgan fingerprint density at radius 1 is 1.29 bits per heavy atom. The lowest BCUT2D eigenvalue weighted by Crippen LogP contribution is -2.47. The molecule has 1 aliphatic carbocycles. The Morgan fingerprint density at radius 3 is 2.86 bits per heavy atom. The van der Waals surface area contributed by atoms with E-state index in [9.17, 15) is 14.0 Å². The maximum Gasteiger partial charge on any atom is 0.322 e. The average molecular weight is 379 g/mol. The summed E-state index contributed by atoms with van der Waals surface area (Å²) >= 11 is 0. The summed E-state index contributed by atoms with van der Waals surface area (Å²) in [4.78, 5) is 36.5. The van der Waals surface area contributed by atoms with E-state index in [4.69, 9.17) is 0 Å². The number of urea groups is 1. The molecule has 142 valence electrons. The molecule has 1 N–H and O–H groups in total. The monoisotopic (exact) mass is 379 g/mol. The van der Waals surface area contributed by atoms with Gasteiger partial charge in [-0.05, 0) is 35.8 Å². The summed E-state index contributed by atoms with van der Waals surface area (Å²) in [6.45, 7) is 0.822. The van der Waals surface area contributed by atoms with Crippen molar-refractivity contribution in [3.8, 4) is 0 Å². The summed E-state index contributed by atoms with van der Waals surface area (Å²) in [6.07, 6.45) is 8.07. The molecule has 0 radical (unpaired) electrons. The maximum absolute atomic E-state index is 13.5. The molecule has 7 nitrogen and oxygen atoms in total. The Bertz CT molecular complexity index is 993. The number of carbonyl (C=O) groups excluding carboxylic acids is 2. The second-order valence-corrected chi connectivity index (χ2v) is 7.38. The molecule has 3 amide bonds. The zero-order valence-corrected chi connectivity index (χ0v) is 15.0. The molecule has 3 aliphatic rings. The molecular formula is C20H18FN5O2. The van der Waals surface area contributed by atoms with Gasteiger partial charge in [0.2, 0.25) is 5.91 Å². The zero-order valence-electron chi connectivity index (χ0n) is 15.0. The van der Waals surface area contributed by atoms with Crippen molar-refractivity contribution >= 4 is 23.2 Å². The van der Waals surface area contributed by atoms with Gasteiger partial charge in [0.15, 0.2) is 0 Å². The van der Waals surface area contributed by atoms with Crippen LogP contribution in [-0.4, -0.2) is 50.8 Å². The third-order valence-corrected chi connectivity index (χ3v) is 5.65. The van der Waals surface area contributed by atoms with Crippen molar-refractivity contribution in [2.75, 3.05) is 18.4 Å². The van der Waals surface area contributed by atoms with Gasteiger partial charge < -0.3 is 15.1 Å². The van der Waals surface area contributed by atoms with Crippen LogP contribution in [0.25, 0.3) is 5.57 Å². The van der Waals surface area contributed by atoms with Gasteiger partial charge in [0.05, 0.1) is 12.6 Å². The molecule has 2 atom stereocenters. The van der Waals surface area contributed by atoms with E-state index in [1.54, 1.807) is 18.5 Å². The Balaban J connectivity index is 1.29. The van der Waals surface area contributed by atoms with Gasteiger partial charge in [-0.2, -0.15) is 0 Å². The smallest absolute Gasteiger partial charge is 0.322 e. The first kappa shape index (κ1) is 16.9. The lowest BCUT2D eigenvalue weighted by atomic mass is 9.97. The second kappa shape index (κ2) is 6.40. The summed E-state index contributed by atoms with van der Waals surface area (Å²) in [7, 11) is 0. The number of likely N-dealkylation sites (tertiary alicyclic amines) is 1. The van der Waals surface area contributed by atoms with E-state index in [0.717, 1.165) is 12.0 Å². The first-order valence-corrected chi connectivity index (χ1v) is 9.19. The highest BCUT2D eigenvalue weighted by atomic mass is 19.1. The van der Waals surface area contributed by atoms with Gasteiger partial charge >= 0.3 is 6.03 Å². The fourth-order valence-corrected chi connectivity index (χ4v) is 4.33.